The Morgan fingerprint density at radius 1 is 1.14 bits per heavy atom. The molecular formula is C18H21NO9. The van der Waals surface area contributed by atoms with Crippen molar-refractivity contribution in [2.24, 2.45) is 0 Å². The Labute approximate surface area is 160 Å². The molecule has 0 bridgehead atoms. The summed E-state index contributed by atoms with van der Waals surface area (Å²) in [5, 5.41) is 20.6. The fourth-order valence-corrected chi connectivity index (χ4v) is 1.87. The third-order valence-corrected chi connectivity index (χ3v) is 3.23. The minimum Gasteiger partial charge on any atom is -0.462 e. The largest absolute Gasteiger partial charge is 0.462 e. The van der Waals surface area contributed by atoms with Gasteiger partial charge < -0.3 is 19.3 Å². The van der Waals surface area contributed by atoms with Crippen LogP contribution in [-0.2, 0) is 35.2 Å². The summed E-state index contributed by atoms with van der Waals surface area (Å²) in [5.41, 5.74) is 0.256. The molecule has 0 aliphatic heterocycles. The second kappa shape index (κ2) is 12.3. The minimum absolute atomic E-state index is 0.0802. The first-order chi connectivity index (χ1) is 13.3. The summed E-state index contributed by atoms with van der Waals surface area (Å²) < 4.78 is 14.6. The van der Waals surface area contributed by atoms with E-state index in [-0.39, 0.29) is 44.3 Å². The second-order valence-corrected chi connectivity index (χ2v) is 5.64. The summed E-state index contributed by atoms with van der Waals surface area (Å²) in [7, 11) is 0. The maximum absolute atomic E-state index is 11.5. The molecule has 1 unspecified atom stereocenters. The Morgan fingerprint density at radius 2 is 1.79 bits per heavy atom. The van der Waals surface area contributed by atoms with Gasteiger partial charge in [0.05, 0.1) is 30.3 Å². The van der Waals surface area contributed by atoms with Crippen LogP contribution >= 0.6 is 0 Å². The van der Waals surface area contributed by atoms with Crippen molar-refractivity contribution in [1.82, 2.24) is 0 Å². The molecule has 1 rings (SSSR count). The van der Waals surface area contributed by atoms with Crippen molar-refractivity contribution in [1.29, 1.82) is 0 Å². The lowest BCUT2D eigenvalue weighted by atomic mass is 10.2. The molecule has 0 radical (unpaired) electrons. The summed E-state index contributed by atoms with van der Waals surface area (Å²) in [6.07, 6.45) is 0.613. The number of para-hydroxylation sites is 1. The zero-order valence-electron chi connectivity index (χ0n) is 15.2. The lowest BCUT2D eigenvalue weighted by Crippen LogP contribution is -2.23. The average Bonchev–Trinajstić information content (AvgIpc) is 2.64. The average molecular weight is 395 g/mol. The van der Waals surface area contributed by atoms with E-state index < -0.39 is 23.0 Å². The fourth-order valence-electron chi connectivity index (χ4n) is 1.87. The lowest BCUT2D eigenvalue weighted by molar-refractivity contribution is -0.386. The molecule has 0 saturated heterocycles. The van der Waals surface area contributed by atoms with E-state index in [9.17, 15) is 29.6 Å². The van der Waals surface area contributed by atoms with Crippen molar-refractivity contribution in [2.45, 2.75) is 26.1 Å². The predicted octanol–water partition coefficient (Wildman–Crippen LogP) is 1.09. The highest BCUT2D eigenvalue weighted by atomic mass is 16.6. The molecule has 10 heteroatoms. The number of carbonyl (C=O) groups is 3. The number of hydrogen-bond donors (Lipinski definition) is 1. The highest BCUT2D eigenvalue weighted by molar-refractivity contribution is 5.91. The lowest BCUT2D eigenvalue weighted by Gasteiger charge is -2.11. The van der Waals surface area contributed by atoms with Gasteiger partial charge in [0.25, 0.3) is 5.69 Å². The predicted molar refractivity (Wildman–Crippen MR) is 95.1 cm³/mol. The monoisotopic (exact) mass is 395 g/mol. The van der Waals surface area contributed by atoms with Crippen LogP contribution < -0.4 is 0 Å². The van der Waals surface area contributed by atoms with E-state index in [4.69, 9.17) is 9.47 Å². The third-order valence-electron chi connectivity index (χ3n) is 3.23. The van der Waals surface area contributed by atoms with Gasteiger partial charge in [0.2, 0.25) is 0 Å². The van der Waals surface area contributed by atoms with E-state index in [1.807, 2.05) is 0 Å². The van der Waals surface area contributed by atoms with Crippen LogP contribution in [0.4, 0.5) is 5.69 Å². The third kappa shape index (κ3) is 9.55. The van der Waals surface area contributed by atoms with E-state index in [0.717, 1.165) is 12.2 Å². The van der Waals surface area contributed by atoms with Crippen LogP contribution in [-0.4, -0.2) is 53.7 Å². The smallest absolute Gasteiger partial charge is 0.331 e. The zero-order valence-corrected chi connectivity index (χ0v) is 15.2. The fraction of sp³-hybridized carbons (Fsp3) is 0.389. The van der Waals surface area contributed by atoms with Gasteiger partial charge in [-0.2, -0.15) is 0 Å². The number of ketones is 1. The number of aliphatic hydroxyl groups excluding tert-OH is 1. The van der Waals surface area contributed by atoms with Crippen LogP contribution in [0, 0.1) is 10.1 Å². The second-order valence-electron chi connectivity index (χ2n) is 5.64. The number of aliphatic hydroxyl groups is 1. The van der Waals surface area contributed by atoms with Crippen LogP contribution in [0.25, 0.3) is 0 Å². The normalized spacial score (nSPS) is 11.8. The summed E-state index contributed by atoms with van der Waals surface area (Å²) in [6, 6.07) is 6.03. The highest BCUT2D eigenvalue weighted by Crippen LogP contribution is 2.18. The summed E-state index contributed by atoms with van der Waals surface area (Å²) in [6.45, 7) is 0.587. The molecule has 0 aliphatic carbocycles. The Bertz CT molecular complexity index is 730. The summed E-state index contributed by atoms with van der Waals surface area (Å²) in [4.78, 5) is 43.8. The summed E-state index contributed by atoms with van der Waals surface area (Å²) in [5.74, 6) is -1.80. The zero-order chi connectivity index (χ0) is 20.9. The van der Waals surface area contributed by atoms with Gasteiger partial charge >= 0.3 is 11.9 Å². The van der Waals surface area contributed by atoms with Crippen LogP contribution in [0.15, 0.2) is 36.4 Å². The molecule has 152 valence electrons. The van der Waals surface area contributed by atoms with E-state index in [2.05, 4.69) is 4.74 Å². The maximum atomic E-state index is 11.5. The number of Topliss-reactive ketones (excluding diaryl/α,β-unsaturated/α-hetero) is 1. The first-order valence-corrected chi connectivity index (χ1v) is 8.28. The molecular weight excluding hydrogens is 374 g/mol. The number of nitro groups is 1. The van der Waals surface area contributed by atoms with E-state index in [0.29, 0.717) is 5.56 Å². The number of hydrogen-bond acceptors (Lipinski definition) is 9. The van der Waals surface area contributed by atoms with E-state index >= 15 is 0 Å². The van der Waals surface area contributed by atoms with Gasteiger partial charge in [-0.1, -0.05) is 12.1 Å². The molecule has 0 spiro atoms. The van der Waals surface area contributed by atoms with Crippen LogP contribution in [0.5, 0.6) is 0 Å². The van der Waals surface area contributed by atoms with Crippen molar-refractivity contribution >= 4 is 23.4 Å². The van der Waals surface area contributed by atoms with Gasteiger partial charge in [-0.05, 0) is 13.0 Å². The molecule has 28 heavy (non-hydrogen) atoms. The van der Waals surface area contributed by atoms with Gasteiger partial charge in [0.15, 0.2) is 0 Å². The van der Waals surface area contributed by atoms with Crippen molar-refractivity contribution in [3.63, 3.8) is 0 Å². The number of benzene rings is 1. The number of nitrogens with zero attached hydrogens (tertiary/aromatic N) is 1. The Hall–Kier alpha value is -3.11. The van der Waals surface area contributed by atoms with Crippen LogP contribution in [0.2, 0.25) is 0 Å². The molecule has 0 fully saturated rings. The number of ether oxygens (including phenoxy) is 3. The standard InChI is InChI=1S/C18H21NO9/c1-13(20)8-9-27-17(22)6-7-18(23)28-12-15(21)11-26-10-14-4-2-3-5-16(14)19(24)25/h2-7,15,21H,8-12H2,1H3/b7-6+. The first kappa shape index (κ1) is 22.9. The van der Waals surface area contributed by atoms with Crippen LogP contribution in [0.3, 0.4) is 0 Å². The molecule has 0 aliphatic rings. The van der Waals surface area contributed by atoms with Gasteiger partial charge in [0, 0.05) is 24.6 Å². The molecule has 10 nitrogen and oxygen atoms in total. The first-order valence-electron chi connectivity index (χ1n) is 8.28. The van der Waals surface area contributed by atoms with Crippen molar-refractivity contribution in [3.8, 4) is 0 Å². The Kier molecular flexibility index (Phi) is 10.1. The molecule has 1 aromatic rings. The van der Waals surface area contributed by atoms with E-state index in [1.165, 1.54) is 25.1 Å². The van der Waals surface area contributed by atoms with Crippen molar-refractivity contribution < 1.29 is 38.6 Å². The maximum Gasteiger partial charge on any atom is 0.331 e. The van der Waals surface area contributed by atoms with Crippen LogP contribution in [0.1, 0.15) is 18.9 Å². The summed E-state index contributed by atoms with van der Waals surface area (Å²) >= 11 is 0. The van der Waals surface area contributed by atoms with Gasteiger partial charge in [-0.3, -0.25) is 14.9 Å². The van der Waals surface area contributed by atoms with Gasteiger partial charge in [-0.15, -0.1) is 0 Å². The molecule has 1 aromatic carbocycles. The molecule has 0 aromatic heterocycles. The SMILES string of the molecule is CC(=O)CCOC(=O)/C=C/C(=O)OCC(O)COCc1ccccc1[N+](=O)[O-]. The molecule has 1 atom stereocenters. The quantitative estimate of drug-likeness (QED) is 0.238. The molecule has 1 N–H and O–H groups in total. The molecule has 0 heterocycles. The number of nitro benzene ring substituents is 1. The van der Waals surface area contributed by atoms with E-state index in [1.54, 1.807) is 6.07 Å². The van der Waals surface area contributed by atoms with Crippen molar-refractivity contribution in [2.75, 3.05) is 19.8 Å². The van der Waals surface area contributed by atoms with Crippen molar-refractivity contribution in [3.05, 3.63) is 52.1 Å². The number of rotatable bonds is 12. The highest BCUT2D eigenvalue weighted by Gasteiger charge is 2.13. The number of esters is 2. The molecule has 0 saturated carbocycles. The topological polar surface area (TPSA) is 142 Å². The minimum atomic E-state index is -1.15. The Balaban J connectivity index is 2.27. The number of carbonyl (C=O) groups excluding carboxylic acids is 3. The van der Waals surface area contributed by atoms with Gasteiger partial charge in [0.1, 0.15) is 18.5 Å². The Morgan fingerprint density at radius 3 is 2.43 bits per heavy atom. The molecule has 0 amide bonds. The van der Waals surface area contributed by atoms with Gasteiger partial charge in [-0.25, -0.2) is 9.59 Å².